The van der Waals surface area contributed by atoms with Gasteiger partial charge in [0, 0.05) is 54.3 Å². The molecule has 1 fully saturated rings. The molecule has 14 heteroatoms. The van der Waals surface area contributed by atoms with Crippen molar-refractivity contribution in [3.8, 4) is 16.9 Å². The predicted octanol–water partition coefficient (Wildman–Crippen LogP) is 11.4. The number of aromatic amines is 1. The molecule has 1 aromatic heterocycles. The monoisotopic (exact) mass is 951 g/mol. The topological polar surface area (TPSA) is 182 Å². The van der Waals surface area contributed by atoms with Crippen LogP contribution in [0.1, 0.15) is 87.7 Å². The van der Waals surface area contributed by atoms with Gasteiger partial charge in [0.05, 0.1) is 17.3 Å². The molecule has 69 heavy (non-hydrogen) atoms. The summed E-state index contributed by atoms with van der Waals surface area (Å²) in [5.41, 5.74) is 6.85. The lowest BCUT2D eigenvalue weighted by Gasteiger charge is -2.39. The standard InChI is InChI=1S/C55H65N5O8Si/c1-55(2,3)69(4,5)68-49(45-29-31-48(61)52-46(45)30-32-51(63)59-52)35-56-34-38-19-22-41(23-20-38)57-50(62)18-12-15-37-21-28-44(40-16-10-7-11-17-40)47(33-37)60(54(65)66)43-26-24-42(25-27-43)58-53(64)67-36-39-13-8-6-9-14-39/h6-11,13-14,16-17,19-23,28-33,42-43,49,56,61H,12,15,18,24-27,34-36H2,1-5H3,(H,57,62)(H,58,64)(H,59,63)(H,65,66)/t42-,43-,49-/m0/s1. The Bertz CT molecular complexity index is 2750. The van der Waals surface area contributed by atoms with Crippen LogP contribution in [0.3, 0.4) is 0 Å². The highest BCUT2D eigenvalue weighted by molar-refractivity contribution is 6.74. The number of phenols is 1. The average molecular weight is 952 g/mol. The molecule has 13 nitrogen and oxygen atoms in total. The van der Waals surface area contributed by atoms with Crippen molar-refractivity contribution in [3.63, 3.8) is 0 Å². The van der Waals surface area contributed by atoms with E-state index < -0.39 is 20.5 Å². The first-order valence-corrected chi connectivity index (χ1v) is 26.8. The number of rotatable bonds is 18. The Balaban J connectivity index is 0.937. The van der Waals surface area contributed by atoms with E-state index in [9.17, 15) is 29.4 Å². The van der Waals surface area contributed by atoms with E-state index >= 15 is 0 Å². The highest BCUT2D eigenvalue weighted by atomic mass is 28.4. The van der Waals surface area contributed by atoms with Gasteiger partial charge in [-0.05, 0) is 115 Å². The van der Waals surface area contributed by atoms with E-state index in [1.54, 1.807) is 12.1 Å². The summed E-state index contributed by atoms with van der Waals surface area (Å²) in [4.78, 5) is 55.3. The number of benzene rings is 5. The third-order valence-electron chi connectivity index (χ3n) is 13.5. The number of carboxylic acid groups (broad SMARTS) is 1. The zero-order valence-corrected chi connectivity index (χ0v) is 41.2. The summed E-state index contributed by atoms with van der Waals surface area (Å²) >= 11 is 0. The van der Waals surface area contributed by atoms with Gasteiger partial charge in [-0.25, -0.2) is 9.59 Å². The van der Waals surface area contributed by atoms with Crippen molar-refractivity contribution >= 4 is 48.7 Å². The summed E-state index contributed by atoms with van der Waals surface area (Å²) in [6, 6.07) is 39.2. The van der Waals surface area contributed by atoms with Crippen molar-refractivity contribution in [2.24, 2.45) is 0 Å². The zero-order valence-electron chi connectivity index (χ0n) is 40.2. The second-order valence-corrected chi connectivity index (χ2v) is 24.2. The van der Waals surface area contributed by atoms with Crippen LogP contribution in [0.4, 0.5) is 21.0 Å². The number of carbonyl (C=O) groups excluding carboxylic acids is 2. The fourth-order valence-electron chi connectivity index (χ4n) is 8.68. The molecule has 362 valence electrons. The molecule has 5 aromatic carbocycles. The number of phenolic OH excluding ortho intramolecular Hbond substituents is 1. The number of nitrogens with zero attached hydrogens (tertiary/aromatic N) is 1. The van der Waals surface area contributed by atoms with E-state index in [-0.39, 0.29) is 53.5 Å². The summed E-state index contributed by atoms with van der Waals surface area (Å²) in [5.74, 6) is -0.108. The SMILES string of the molecule is CC(C)(C)[Si](C)(C)O[C@@H](CNCc1ccc(NC(=O)CCCc2ccc(-c3ccccc3)c(N(C(=O)O)[C@H]3CC[C@H](NC(=O)OCc4ccccc4)CC3)c2)cc1)c1ccc(O)c2[nH]c(=O)ccc12. The first kappa shape index (κ1) is 50.1. The summed E-state index contributed by atoms with van der Waals surface area (Å²) in [6.45, 7) is 12.2. The van der Waals surface area contributed by atoms with Crippen molar-refractivity contribution in [2.45, 2.75) is 115 Å². The highest BCUT2D eigenvalue weighted by Gasteiger charge is 2.40. The fraction of sp³-hybridized carbons (Fsp3) is 0.345. The minimum absolute atomic E-state index is 0.00620. The van der Waals surface area contributed by atoms with E-state index in [0.29, 0.717) is 68.5 Å². The molecule has 0 radical (unpaired) electrons. The summed E-state index contributed by atoms with van der Waals surface area (Å²) < 4.78 is 12.4. The van der Waals surface area contributed by atoms with Gasteiger partial charge >= 0.3 is 12.2 Å². The number of aromatic hydroxyl groups is 1. The maximum absolute atomic E-state index is 13.2. The van der Waals surface area contributed by atoms with Crippen LogP contribution in [0.5, 0.6) is 5.75 Å². The van der Waals surface area contributed by atoms with E-state index in [2.05, 4.69) is 54.8 Å². The zero-order chi connectivity index (χ0) is 49.1. The van der Waals surface area contributed by atoms with E-state index in [0.717, 1.165) is 38.8 Å². The number of alkyl carbamates (subject to hydrolysis) is 1. The van der Waals surface area contributed by atoms with Crippen LogP contribution >= 0.6 is 0 Å². The number of hydrogen-bond acceptors (Lipinski definition) is 8. The van der Waals surface area contributed by atoms with Gasteiger partial charge in [-0.2, -0.15) is 0 Å². The third kappa shape index (κ3) is 13.3. The van der Waals surface area contributed by atoms with Gasteiger partial charge in [0.2, 0.25) is 11.5 Å². The highest BCUT2D eigenvalue weighted by Crippen LogP contribution is 2.41. The molecule has 7 rings (SSSR count). The maximum Gasteiger partial charge on any atom is 0.412 e. The summed E-state index contributed by atoms with van der Waals surface area (Å²) in [7, 11) is -2.24. The number of nitrogens with one attached hydrogen (secondary N) is 4. The van der Waals surface area contributed by atoms with Crippen molar-refractivity contribution in [1.29, 1.82) is 0 Å². The number of hydrogen-bond donors (Lipinski definition) is 6. The van der Waals surface area contributed by atoms with Crippen LogP contribution in [-0.4, -0.2) is 60.2 Å². The van der Waals surface area contributed by atoms with Crippen molar-refractivity contribution in [3.05, 3.63) is 160 Å². The van der Waals surface area contributed by atoms with Gasteiger partial charge in [-0.1, -0.05) is 112 Å². The molecular weight excluding hydrogens is 887 g/mol. The van der Waals surface area contributed by atoms with Crippen LogP contribution in [0.2, 0.25) is 18.1 Å². The molecule has 6 aromatic rings. The molecule has 0 saturated heterocycles. The van der Waals surface area contributed by atoms with Crippen LogP contribution in [0.15, 0.2) is 132 Å². The van der Waals surface area contributed by atoms with Gasteiger partial charge in [-0.15, -0.1) is 0 Å². The lowest BCUT2D eigenvalue weighted by atomic mass is 9.89. The van der Waals surface area contributed by atoms with E-state index in [1.165, 1.54) is 11.0 Å². The number of aromatic nitrogens is 1. The van der Waals surface area contributed by atoms with E-state index in [4.69, 9.17) is 9.16 Å². The summed E-state index contributed by atoms with van der Waals surface area (Å²) in [5, 5.41) is 31.5. The smallest absolute Gasteiger partial charge is 0.412 e. The molecule has 3 amide bonds. The second-order valence-electron chi connectivity index (χ2n) is 19.5. The lowest BCUT2D eigenvalue weighted by molar-refractivity contribution is -0.116. The molecule has 0 spiro atoms. The minimum atomic E-state index is -2.24. The molecule has 1 aliphatic rings. The van der Waals surface area contributed by atoms with Crippen LogP contribution < -0.4 is 26.4 Å². The number of ether oxygens (including phenoxy) is 1. The normalized spacial score (nSPS) is 15.6. The second kappa shape index (κ2) is 22.6. The Labute approximate surface area is 405 Å². The number of H-pyrrole nitrogens is 1. The first-order chi connectivity index (χ1) is 33.0. The number of carbonyl (C=O) groups is 3. The van der Waals surface area contributed by atoms with Crippen LogP contribution in [-0.2, 0) is 33.5 Å². The molecule has 6 N–H and O–H groups in total. The molecule has 1 saturated carbocycles. The van der Waals surface area contributed by atoms with Gasteiger partial charge in [0.15, 0.2) is 8.32 Å². The third-order valence-corrected chi connectivity index (χ3v) is 18.0. The Morgan fingerprint density at radius 2 is 1.51 bits per heavy atom. The van der Waals surface area contributed by atoms with Crippen molar-refractivity contribution in [2.75, 3.05) is 16.8 Å². The fourth-order valence-corrected chi connectivity index (χ4v) is 9.95. The molecular formula is C55H65N5O8Si. The van der Waals surface area contributed by atoms with Crippen molar-refractivity contribution in [1.82, 2.24) is 15.6 Å². The van der Waals surface area contributed by atoms with Crippen LogP contribution in [0, 0.1) is 0 Å². The molecule has 1 atom stereocenters. The Kier molecular flexibility index (Phi) is 16.4. The lowest BCUT2D eigenvalue weighted by Crippen LogP contribution is -2.46. The number of anilines is 2. The number of amides is 3. The Hall–Kier alpha value is -6.74. The van der Waals surface area contributed by atoms with Gasteiger partial charge in [0.1, 0.15) is 12.4 Å². The summed E-state index contributed by atoms with van der Waals surface area (Å²) in [6.07, 6.45) is 1.93. The number of aryl methyl sites for hydroxylation is 1. The Morgan fingerprint density at radius 1 is 0.826 bits per heavy atom. The molecule has 1 aliphatic carbocycles. The molecule has 0 bridgehead atoms. The number of pyridine rings is 1. The van der Waals surface area contributed by atoms with Crippen LogP contribution in [0.25, 0.3) is 22.0 Å². The van der Waals surface area contributed by atoms with E-state index in [1.807, 2.05) is 109 Å². The first-order valence-electron chi connectivity index (χ1n) is 23.8. The number of fused-ring (bicyclic) bond motifs is 1. The largest absolute Gasteiger partial charge is 0.506 e. The molecule has 0 aliphatic heterocycles. The van der Waals surface area contributed by atoms with Gasteiger partial charge in [0.25, 0.3) is 0 Å². The van der Waals surface area contributed by atoms with Gasteiger partial charge in [-0.3, -0.25) is 14.5 Å². The van der Waals surface area contributed by atoms with Crippen molar-refractivity contribution < 1.29 is 33.8 Å². The average Bonchev–Trinajstić information content (AvgIpc) is 3.32. The minimum Gasteiger partial charge on any atom is -0.506 e. The molecule has 0 unspecified atom stereocenters. The molecule has 1 heterocycles. The quantitative estimate of drug-likeness (QED) is 0.0457. The predicted molar refractivity (Wildman–Crippen MR) is 275 cm³/mol. The van der Waals surface area contributed by atoms with Gasteiger partial charge < -0.3 is 40.3 Å². The Morgan fingerprint density at radius 3 is 2.19 bits per heavy atom. The maximum atomic E-state index is 13.2.